The van der Waals surface area contributed by atoms with Gasteiger partial charge in [0.15, 0.2) is 0 Å². The third-order valence-electron chi connectivity index (χ3n) is 5.78. The maximum absolute atomic E-state index is 12.9. The first-order valence-corrected chi connectivity index (χ1v) is 10.7. The number of hydrogen-bond acceptors (Lipinski definition) is 4. The molecule has 0 bridgehead atoms. The molecule has 8 heteroatoms. The Morgan fingerprint density at radius 1 is 1.09 bits per heavy atom. The molecule has 1 unspecified atom stereocenters. The average molecular weight is 434 g/mol. The van der Waals surface area contributed by atoms with Crippen LogP contribution in [0.25, 0.3) is 11.0 Å². The van der Waals surface area contributed by atoms with Crippen LogP contribution in [0.2, 0.25) is 0 Å². The molecule has 8 nitrogen and oxygen atoms in total. The smallest absolute Gasteiger partial charge is 0.325 e. The zero-order valence-electron chi connectivity index (χ0n) is 18.5. The van der Waals surface area contributed by atoms with Crippen LogP contribution >= 0.6 is 0 Å². The van der Waals surface area contributed by atoms with Gasteiger partial charge in [0, 0.05) is 19.0 Å². The van der Waals surface area contributed by atoms with Crippen LogP contribution in [0.3, 0.4) is 0 Å². The zero-order chi connectivity index (χ0) is 22.9. The van der Waals surface area contributed by atoms with Crippen molar-refractivity contribution in [1.82, 2.24) is 25.1 Å². The van der Waals surface area contributed by atoms with Gasteiger partial charge in [0.25, 0.3) is 5.91 Å². The minimum Gasteiger partial charge on any atom is -0.354 e. The van der Waals surface area contributed by atoms with Gasteiger partial charge in [-0.25, -0.2) is 9.78 Å². The quantitative estimate of drug-likeness (QED) is 0.560. The van der Waals surface area contributed by atoms with Crippen LogP contribution in [-0.4, -0.2) is 45.4 Å². The Morgan fingerprint density at radius 2 is 1.78 bits per heavy atom. The van der Waals surface area contributed by atoms with E-state index in [-0.39, 0.29) is 12.6 Å². The second kappa shape index (κ2) is 8.45. The van der Waals surface area contributed by atoms with E-state index >= 15 is 0 Å². The fourth-order valence-corrected chi connectivity index (χ4v) is 4.17. The molecule has 0 saturated carbocycles. The highest BCUT2D eigenvalue weighted by atomic mass is 16.2. The molecule has 1 aromatic heterocycles. The van der Waals surface area contributed by atoms with E-state index in [1.54, 1.807) is 31.2 Å². The van der Waals surface area contributed by atoms with Crippen molar-refractivity contribution < 1.29 is 14.4 Å². The lowest BCUT2D eigenvalue weighted by Gasteiger charge is -2.22. The predicted molar refractivity (Wildman–Crippen MR) is 121 cm³/mol. The van der Waals surface area contributed by atoms with Crippen molar-refractivity contribution in [2.24, 2.45) is 0 Å². The molecule has 2 N–H and O–H groups in total. The van der Waals surface area contributed by atoms with Gasteiger partial charge in [-0.15, -0.1) is 0 Å². The topological polar surface area (TPSA) is 96.3 Å². The summed E-state index contributed by atoms with van der Waals surface area (Å²) in [5.74, 6) is 0.0524. The number of rotatable bonds is 7. The molecular weight excluding hydrogens is 406 g/mol. The van der Waals surface area contributed by atoms with Crippen molar-refractivity contribution in [2.45, 2.75) is 38.8 Å². The number of urea groups is 1. The molecule has 2 aromatic carbocycles. The second-order valence-electron chi connectivity index (χ2n) is 8.39. The van der Waals surface area contributed by atoms with Crippen LogP contribution < -0.4 is 10.6 Å². The summed E-state index contributed by atoms with van der Waals surface area (Å²) in [4.78, 5) is 43.5. The molecule has 1 fully saturated rings. The van der Waals surface area contributed by atoms with E-state index < -0.39 is 23.4 Å². The summed E-state index contributed by atoms with van der Waals surface area (Å²) < 4.78 is 2.16. The summed E-state index contributed by atoms with van der Waals surface area (Å²) >= 11 is 0. The van der Waals surface area contributed by atoms with Gasteiger partial charge in [-0.3, -0.25) is 14.5 Å². The molecule has 1 aliphatic rings. The number of aromatic nitrogens is 2. The molecular formula is C24H27N5O3. The molecule has 1 aliphatic heterocycles. The van der Waals surface area contributed by atoms with Crippen LogP contribution in [-0.2, 0) is 21.5 Å². The van der Waals surface area contributed by atoms with Gasteiger partial charge in [0.2, 0.25) is 5.91 Å². The maximum Gasteiger partial charge on any atom is 0.325 e. The number of nitrogens with zero attached hydrogens (tertiary/aromatic N) is 3. The normalized spacial score (nSPS) is 18.4. The average Bonchev–Trinajstić information content (AvgIpc) is 3.25. The molecule has 3 aromatic rings. The summed E-state index contributed by atoms with van der Waals surface area (Å²) in [6.07, 6.45) is 0.542. The van der Waals surface area contributed by atoms with Gasteiger partial charge < -0.3 is 15.2 Å². The zero-order valence-corrected chi connectivity index (χ0v) is 18.5. The first kappa shape index (κ1) is 21.5. The van der Waals surface area contributed by atoms with Crippen molar-refractivity contribution in [1.29, 1.82) is 0 Å². The number of carbonyl (C=O) groups excluding carboxylic acids is 3. The Bertz CT molecular complexity index is 1170. The van der Waals surface area contributed by atoms with Gasteiger partial charge in [-0.05, 0) is 38.5 Å². The molecule has 0 radical (unpaired) electrons. The molecule has 2 heterocycles. The highest BCUT2D eigenvalue weighted by Gasteiger charge is 2.49. The fraction of sp³-hybridized carbons (Fsp3) is 0.333. The number of fused-ring (bicyclic) bond motifs is 1. The van der Waals surface area contributed by atoms with E-state index in [1.165, 1.54) is 0 Å². The Kier molecular flexibility index (Phi) is 5.69. The predicted octanol–water partition coefficient (Wildman–Crippen LogP) is 2.74. The van der Waals surface area contributed by atoms with Crippen molar-refractivity contribution in [3.05, 3.63) is 66.0 Å². The number of imidazole rings is 1. The van der Waals surface area contributed by atoms with Gasteiger partial charge in [0.05, 0.1) is 11.0 Å². The van der Waals surface area contributed by atoms with Gasteiger partial charge >= 0.3 is 6.03 Å². The molecule has 166 valence electrons. The first-order valence-electron chi connectivity index (χ1n) is 10.7. The molecule has 4 amide bonds. The minimum absolute atomic E-state index is 0.231. The molecule has 32 heavy (non-hydrogen) atoms. The molecule has 0 aliphatic carbocycles. The van der Waals surface area contributed by atoms with E-state index in [1.807, 2.05) is 30.3 Å². The lowest BCUT2D eigenvalue weighted by molar-refractivity contribution is -0.134. The molecule has 1 atom stereocenters. The summed E-state index contributed by atoms with van der Waals surface area (Å²) in [6, 6.07) is 16.6. The van der Waals surface area contributed by atoms with Crippen LogP contribution in [0.15, 0.2) is 54.6 Å². The van der Waals surface area contributed by atoms with Crippen molar-refractivity contribution >= 4 is 28.9 Å². The summed E-state index contributed by atoms with van der Waals surface area (Å²) in [6.45, 7) is 5.87. The summed E-state index contributed by atoms with van der Waals surface area (Å²) in [5.41, 5.74) is 1.47. The SMILES string of the molecule is CC(C)n1c(CCNC(=O)CN2C(=O)NC(C)(c3ccccc3)C2=O)nc2ccccc21. The minimum atomic E-state index is -1.18. The molecule has 4 rings (SSSR count). The van der Waals surface area contributed by atoms with Gasteiger partial charge in [-0.1, -0.05) is 42.5 Å². The Balaban J connectivity index is 1.39. The van der Waals surface area contributed by atoms with Crippen molar-refractivity contribution in [3.63, 3.8) is 0 Å². The van der Waals surface area contributed by atoms with Gasteiger partial charge in [0.1, 0.15) is 17.9 Å². The highest BCUT2D eigenvalue weighted by molar-refractivity contribution is 6.09. The third kappa shape index (κ3) is 3.84. The Labute approximate surface area is 186 Å². The molecule has 0 spiro atoms. The van der Waals surface area contributed by atoms with E-state index in [0.717, 1.165) is 21.8 Å². The van der Waals surface area contributed by atoms with E-state index in [4.69, 9.17) is 4.98 Å². The number of amides is 4. The lowest BCUT2D eigenvalue weighted by Crippen LogP contribution is -2.43. The van der Waals surface area contributed by atoms with Crippen LogP contribution in [0.5, 0.6) is 0 Å². The van der Waals surface area contributed by atoms with Crippen LogP contribution in [0, 0.1) is 0 Å². The number of para-hydroxylation sites is 2. The third-order valence-corrected chi connectivity index (χ3v) is 5.78. The van der Waals surface area contributed by atoms with Crippen molar-refractivity contribution in [2.75, 3.05) is 13.1 Å². The number of imide groups is 1. The fourth-order valence-electron chi connectivity index (χ4n) is 4.17. The first-order chi connectivity index (χ1) is 15.3. The standard InChI is InChI=1S/C24H27N5O3/c1-16(2)29-19-12-8-7-11-18(19)26-20(29)13-14-25-21(30)15-28-22(31)24(3,27-23(28)32)17-9-5-4-6-10-17/h4-12,16H,13-15H2,1-3H3,(H,25,30)(H,27,32). The van der Waals surface area contributed by atoms with E-state index in [2.05, 4.69) is 29.0 Å². The largest absolute Gasteiger partial charge is 0.354 e. The van der Waals surface area contributed by atoms with E-state index in [0.29, 0.717) is 18.5 Å². The Morgan fingerprint density at radius 3 is 2.50 bits per heavy atom. The maximum atomic E-state index is 12.9. The van der Waals surface area contributed by atoms with E-state index in [9.17, 15) is 14.4 Å². The van der Waals surface area contributed by atoms with Crippen LogP contribution in [0.4, 0.5) is 4.79 Å². The Hall–Kier alpha value is -3.68. The second-order valence-corrected chi connectivity index (χ2v) is 8.39. The van der Waals surface area contributed by atoms with Crippen molar-refractivity contribution in [3.8, 4) is 0 Å². The number of carbonyl (C=O) groups is 3. The summed E-state index contributed by atoms with van der Waals surface area (Å²) in [5, 5.41) is 5.52. The summed E-state index contributed by atoms with van der Waals surface area (Å²) in [7, 11) is 0. The number of nitrogens with one attached hydrogen (secondary N) is 2. The monoisotopic (exact) mass is 433 g/mol. The lowest BCUT2D eigenvalue weighted by atomic mass is 9.92. The van der Waals surface area contributed by atoms with Gasteiger partial charge in [-0.2, -0.15) is 0 Å². The highest BCUT2D eigenvalue weighted by Crippen LogP contribution is 2.28. The number of hydrogen-bond donors (Lipinski definition) is 2. The van der Waals surface area contributed by atoms with Crippen LogP contribution in [0.1, 0.15) is 38.2 Å². The molecule has 1 saturated heterocycles. The number of benzene rings is 2.